The van der Waals surface area contributed by atoms with Crippen molar-refractivity contribution in [3.8, 4) is 5.75 Å². The Morgan fingerprint density at radius 1 is 1.21 bits per heavy atom. The minimum absolute atomic E-state index is 0. The van der Waals surface area contributed by atoms with E-state index >= 15 is 0 Å². The lowest BCUT2D eigenvalue weighted by Crippen LogP contribution is -2.36. The van der Waals surface area contributed by atoms with Crippen molar-refractivity contribution < 1.29 is 4.74 Å². The van der Waals surface area contributed by atoms with Crippen molar-refractivity contribution in [1.82, 2.24) is 10.6 Å². The number of aryl methyl sites for hydroxylation is 1. The summed E-state index contributed by atoms with van der Waals surface area (Å²) in [5.74, 6) is 1.77. The molecule has 0 unspecified atom stereocenters. The second-order valence-corrected chi connectivity index (χ2v) is 4.03. The number of guanidine groups is 1. The third-order valence-corrected chi connectivity index (χ3v) is 2.57. The van der Waals surface area contributed by atoms with Crippen LogP contribution in [0, 0.1) is 6.92 Å². The molecule has 2 N–H and O–H groups in total. The van der Waals surface area contributed by atoms with E-state index in [4.69, 9.17) is 4.74 Å². The highest BCUT2D eigenvalue weighted by Gasteiger charge is 2.00. The van der Waals surface area contributed by atoms with E-state index in [9.17, 15) is 0 Å². The van der Waals surface area contributed by atoms with Gasteiger partial charge in [0.2, 0.25) is 0 Å². The zero-order chi connectivity index (χ0) is 13.4. The second kappa shape index (κ2) is 9.89. The van der Waals surface area contributed by atoms with Gasteiger partial charge in [0.25, 0.3) is 0 Å². The maximum atomic E-state index is 5.24. The summed E-state index contributed by atoms with van der Waals surface area (Å²) >= 11 is 0. The Balaban J connectivity index is 0.00000324. The number of benzene rings is 1. The number of ether oxygens (including phenoxy) is 1. The van der Waals surface area contributed by atoms with Crippen LogP contribution in [0.2, 0.25) is 0 Å². The summed E-state index contributed by atoms with van der Waals surface area (Å²) in [7, 11) is 1.69. The number of hydrogen-bond acceptors (Lipinski definition) is 2. The summed E-state index contributed by atoms with van der Waals surface area (Å²) in [4.78, 5) is 4.52. The van der Waals surface area contributed by atoms with Crippen molar-refractivity contribution in [3.05, 3.63) is 29.3 Å². The van der Waals surface area contributed by atoms with Crippen LogP contribution in [0.4, 0.5) is 0 Å². The molecule has 0 saturated heterocycles. The van der Waals surface area contributed by atoms with E-state index in [-0.39, 0.29) is 24.0 Å². The Morgan fingerprint density at radius 2 is 1.84 bits per heavy atom. The van der Waals surface area contributed by atoms with Crippen LogP contribution in [0.25, 0.3) is 0 Å². The number of hydrogen-bond donors (Lipinski definition) is 2. The fraction of sp³-hybridized carbons (Fsp3) is 0.500. The molecule has 0 radical (unpaired) electrons. The highest BCUT2D eigenvalue weighted by Crippen LogP contribution is 2.18. The number of nitrogens with zero attached hydrogens (tertiary/aromatic N) is 1. The van der Waals surface area contributed by atoms with E-state index in [0.29, 0.717) is 6.54 Å². The van der Waals surface area contributed by atoms with Gasteiger partial charge >= 0.3 is 0 Å². The van der Waals surface area contributed by atoms with Crippen LogP contribution in [0.15, 0.2) is 23.2 Å². The molecule has 19 heavy (non-hydrogen) atoms. The lowest BCUT2D eigenvalue weighted by Gasteiger charge is -2.10. The molecule has 1 aromatic carbocycles. The van der Waals surface area contributed by atoms with Gasteiger partial charge in [-0.15, -0.1) is 24.0 Å². The minimum Gasteiger partial charge on any atom is -0.496 e. The van der Waals surface area contributed by atoms with Gasteiger partial charge < -0.3 is 15.4 Å². The van der Waals surface area contributed by atoms with Gasteiger partial charge in [-0.2, -0.15) is 0 Å². The van der Waals surface area contributed by atoms with E-state index in [1.165, 1.54) is 5.56 Å². The smallest absolute Gasteiger partial charge is 0.191 e. The van der Waals surface area contributed by atoms with Crippen molar-refractivity contribution in [2.45, 2.75) is 27.3 Å². The van der Waals surface area contributed by atoms with E-state index in [2.05, 4.69) is 35.5 Å². The van der Waals surface area contributed by atoms with Gasteiger partial charge in [0.05, 0.1) is 13.7 Å². The van der Waals surface area contributed by atoms with Gasteiger partial charge in [0.15, 0.2) is 5.96 Å². The number of aliphatic imine (C=N–C) groups is 1. The average Bonchev–Trinajstić information content (AvgIpc) is 2.36. The van der Waals surface area contributed by atoms with E-state index in [1.807, 2.05) is 19.1 Å². The molecule has 4 nitrogen and oxygen atoms in total. The Morgan fingerprint density at radius 3 is 2.32 bits per heavy atom. The van der Waals surface area contributed by atoms with Crippen molar-refractivity contribution in [2.24, 2.45) is 4.99 Å². The minimum atomic E-state index is 0. The summed E-state index contributed by atoms with van der Waals surface area (Å²) in [5, 5.41) is 6.41. The molecule has 1 rings (SSSR count). The highest BCUT2D eigenvalue weighted by molar-refractivity contribution is 14.0. The third kappa shape index (κ3) is 6.13. The fourth-order valence-electron chi connectivity index (χ4n) is 1.72. The summed E-state index contributed by atoms with van der Waals surface area (Å²) in [6.45, 7) is 8.57. The standard InChI is InChI=1S/C14H23N3O.HI/c1-5-15-14(16-6-2)17-10-12-7-8-13(18-4)11(3)9-12;/h7-9H,5-6,10H2,1-4H3,(H2,15,16,17);1H. The molecule has 0 atom stereocenters. The molecule has 0 heterocycles. The van der Waals surface area contributed by atoms with Crippen molar-refractivity contribution in [1.29, 1.82) is 0 Å². The Labute approximate surface area is 133 Å². The molecule has 0 aromatic heterocycles. The number of nitrogens with one attached hydrogen (secondary N) is 2. The Bertz CT molecular complexity index is 400. The van der Waals surface area contributed by atoms with Crippen LogP contribution >= 0.6 is 24.0 Å². The zero-order valence-corrected chi connectivity index (χ0v) is 14.4. The summed E-state index contributed by atoms with van der Waals surface area (Å²) in [6, 6.07) is 6.14. The summed E-state index contributed by atoms with van der Waals surface area (Å²) in [6.07, 6.45) is 0. The molecule has 0 aliphatic heterocycles. The quantitative estimate of drug-likeness (QED) is 0.471. The zero-order valence-electron chi connectivity index (χ0n) is 12.1. The number of rotatable bonds is 5. The number of methoxy groups -OCH3 is 1. The van der Waals surface area contributed by atoms with Crippen LogP contribution in [-0.2, 0) is 6.54 Å². The second-order valence-electron chi connectivity index (χ2n) is 4.03. The predicted octanol–water partition coefficient (Wildman–Crippen LogP) is 2.70. The normalized spacial score (nSPS) is 9.26. The predicted molar refractivity (Wildman–Crippen MR) is 91.6 cm³/mol. The molecule has 0 saturated carbocycles. The first-order chi connectivity index (χ1) is 8.71. The molecule has 0 aliphatic carbocycles. The van der Waals surface area contributed by atoms with E-state index in [0.717, 1.165) is 30.4 Å². The number of halogens is 1. The molecule has 0 fully saturated rings. The molecule has 1 aromatic rings. The molecule has 0 bridgehead atoms. The van der Waals surface area contributed by atoms with Gasteiger partial charge in [-0.3, -0.25) is 0 Å². The molecule has 0 amide bonds. The van der Waals surface area contributed by atoms with Crippen LogP contribution < -0.4 is 15.4 Å². The van der Waals surface area contributed by atoms with Crippen LogP contribution in [0.3, 0.4) is 0 Å². The van der Waals surface area contributed by atoms with Crippen molar-refractivity contribution >= 4 is 29.9 Å². The van der Waals surface area contributed by atoms with E-state index in [1.54, 1.807) is 7.11 Å². The Kier molecular flexibility index (Phi) is 9.38. The lowest BCUT2D eigenvalue weighted by molar-refractivity contribution is 0.411. The van der Waals surface area contributed by atoms with Gasteiger partial charge in [-0.25, -0.2) is 4.99 Å². The first kappa shape index (κ1) is 18.0. The van der Waals surface area contributed by atoms with Crippen LogP contribution in [-0.4, -0.2) is 26.2 Å². The van der Waals surface area contributed by atoms with Crippen molar-refractivity contribution in [2.75, 3.05) is 20.2 Å². The van der Waals surface area contributed by atoms with Crippen LogP contribution in [0.5, 0.6) is 5.75 Å². The maximum Gasteiger partial charge on any atom is 0.191 e. The average molecular weight is 377 g/mol. The van der Waals surface area contributed by atoms with Gasteiger partial charge in [0, 0.05) is 13.1 Å². The molecular weight excluding hydrogens is 353 g/mol. The summed E-state index contributed by atoms with van der Waals surface area (Å²) in [5.41, 5.74) is 2.32. The van der Waals surface area contributed by atoms with Gasteiger partial charge in [-0.05, 0) is 38.0 Å². The van der Waals surface area contributed by atoms with Gasteiger partial charge in [-0.1, -0.05) is 12.1 Å². The van der Waals surface area contributed by atoms with Crippen LogP contribution in [0.1, 0.15) is 25.0 Å². The molecule has 0 spiro atoms. The van der Waals surface area contributed by atoms with Gasteiger partial charge in [0.1, 0.15) is 5.75 Å². The Hall–Kier alpha value is -0.980. The monoisotopic (exact) mass is 377 g/mol. The lowest BCUT2D eigenvalue weighted by atomic mass is 10.1. The van der Waals surface area contributed by atoms with Crippen molar-refractivity contribution in [3.63, 3.8) is 0 Å². The SMILES string of the molecule is CCNC(=NCc1ccc(OC)c(C)c1)NCC.I. The first-order valence-electron chi connectivity index (χ1n) is 6.37. The fourth-order valence-corrected chi connectivity index (χ4v) is 1.72. The first-order valence-corrected chi connectivity index (χ1v) is 6.37. The summed E-state index contributed by atoms with van der Waals surface area (Å²) < 4.78 is 5.24. The topological polar surface area (TPSA) is 45.7 Å². The third-order valence-electron chi connectivity index (χ3n) is 2.57. The maximum absolute atomic E-state index is 5.24. The van der Waals surface area contributed by atoms with E-state index < -0.39 is 0 Å². The molecule has 0 aliphatic rings. The molecular formula is C14H24IN3O. The highest BCUT2D eigenvalue weighted by atomic mass is 127. The molecule has 108 valence electrons. The largest absolute Gasteiger partial charge is 0.496 e. The molecule has 5 heteroatoms.